The molecule has 0 fully saturated rings. The number of hydrogen-bond donors (Lipinski definition) is 0. The lowest BCUT2D eigenvalue weighted by Crippen LogP contribution is -2.05. The fraction of sp³-hybridized carbons (Fsp3) is 0.300. The van der Waals surface area contributed by atoms with E-state index >= 15 is 0 Å². The summed E-state index contributed by atoms with van der Waals surface area (Å²) in [6, 6.07) is 16.2. The normalized spacial score (nSPS) is 11.4. The monoisotopic (exact) mass is 296 g/mol. The molecule has 2 aromatic carbocycles. The molecule has 0 heterocycles. The molecule has 0 aromatic heterocycles. The molecule has 0 amide bonds. The summed E-state index contributed by atoms with van der Waals surface area (Å²) in [6.07, 6.45) is 4.59. The summed E-state index contributed by atoms with van der Waals surface area (Å²) in [5.41, 5.74) is 2.30. The molecule has 0 N–H and O–H groups in total. The molecule has 0 saturated carbocycles. The van der Waals surface area contributed by atoms with E-state index in [4.69, 9.17) is 9.47 Å². The van der Waals surface area contributed by atoms with Crippen LogP contribution in [0.5, 0.6) is 11.5 Å². The first kappa shape index (κ1) is 16.2. The minimum absolute atomic E-state index is 0.202. The summed E-state index contributed by atoms with van der Waals surface area (Å²) in [5, 5.41) is 0. The second-order valence-corrected chi connectivity index (χ2v) is 5.80. The van der Waals surface area contributed by atoms with Crippen molar-refractivity contribution in [1.82, 2.24) is 0 Å². The lowest BCUT2D eigenvalue weighted by atomic mass is 10.1. The van der Waals surface area contributed by atoms with E-state index in [1.807, 2.05) is 52.0 Å². The van der Waals surface area contributed by atoms with E-state index in [2.05, 4.69) is 36.4 Å². The topological polar surface area (TPSA) is 18.5 Å². The molecule has 0 aliphatic heterocycles. The Morgan fingerprint density at radius 2 is 0.909 bits per heavy atom. The third-order valence-electron chi connectivity index (χ3n) is 2.97. The smallest absolute Gasteiger partial charge is 0.119 e. The van der Waals surface area contributed by atoms with Crippen LogP contribution in [0.3, 0.4) is 0 Å². The Hall–Kier alpha value is -2.22. The molecule has 0 aliphatic carbocycles. The largest absolute Gasteiger partial charge is 0.491 e. The minimum Gasteiger partial charge on any atom is -0.491 e. The third-order valence-corrected chi connectivity index (χ3v) is 2.97. The first-order valence-electron chi connectivity index (χ1n) is 7.74. The van der Waals surface area contributed by atoms with Crippen molar-refractivity contribution in [2.45, 2.75) is 39.9 Å². The zero-order valence-electron chi connectivity index (χ0n) is 13.7. The Kier molecular flexibility index (Phi) is 5.65. The molecule has 2 rings (SSSR count). The van der Waals surface area contributed by atoms with Crippen LogP contribution in [0.4, 0.5) is 0 Å². The molecular formula is C20H24O2. The summed E-state index contributed by atoms with van der Waals surface area (Å²) in [5.74, 6) is 1.81. The van der Waals surface area contributed by atoms with Crippen molar-refractivity contribution in [2.24, 2.45) is 0 Å². The van der Waals surface area contributed by atoms with Crippen molar-refractivity contribution in [2.75, 3.05) is 0 Å². The quantitative estimate of drug-likeness (QED) is 0.662. The van der Waals surface area contributed by atoms with Crippen molar-refractivity contribution in [3.63, 3.8) is 0 Å². The lowest BCUT2D eigenvalue weighted by Gasteiger charge is -2.09. The summed E-state index contributed by atoms with van der Waals surface area (Å²) in [7, 11) is 0. The fourth-order valence-corrected chi connectivity index (χ4v) is 2.05. The van der Waals surface area contributed by atoms with E-state index in [0.29, 0.717) is 0 Å². The van der Waals surface area contributed by atoms with Crippen molar-refractivity contribution in [1.29, 1.82) is 0 Å². The van der Waals surface area contributed by atoms with E-state index in [0.717, 1.165) is 22.6 Å². The highest BCUT2D eigenvalue weighted by Gasteiger charge is 1.98. The number of hydrogen-bond acceptors (Lipinski definition) is 2. The highest BCUT2D eigenvalue weighted by atomic mass is 16.5. The molecule has 0 aliphatic rings. The van der Waals surface area contributed by atoms with Crippen LogP contribution in [0.1, 0.15) is 38.8 Å². The zero-order chi connectivity index (χ0) is 15.9. The third kappa shape index (κ3) is 5.28. The number of rotatable bonds is 6. The average molecular weight is 296 g/mol. The highest BCUT2D eigenvalue weighted by molar-refractivity contribution is 5.70. The van der Waals surface area contributed by atoms with Gasteiger partial charge >= 0.3 is 0 Å². The Labute approximate surface area is 133 Å². The molecule has 0 radical (unpaired) electrons. The highest BCUT2D eigenvalue weighted by Crippen LogP contribution is 2.18. The molecule has 2 aromatic rings. The van der Waals surface area contributed by atoms with Gasteiger partial charge in [-0.3, -0.25) is 0 Å². The van der Waals surface area contributed by atoms with Gasteiger partial charge in [-0.25, -0.2) is 0 Å². The molecule has 22 heavy (non-hydrogen) atoms. The van der Waals surface area contributed by atoms with Crippen LogP contribution >= 0.6 is 0 Å². The molecule has 2 heteroatoms. The summed E-state index contributed by atoms with van der Waals surface area (Å²) < 4.78 is 11.3. The van der Waals surface area contributed by atoms with Crippen LogP contribution in [0.2, 0.25) is 0 Å². The van der Waals surface area contributed by atoms with Crippen molar-refractivity contribution < 1.29 is 9.47 Å². The summed E-state index contributed by atoms with van der Waals surface area (Å²) in [6.45, 7) is 8.11. The standard InChI is InChI=1S/C20H24O2/c1-15(2)21-19-11-7-17(8-12-19)5-6-18-9-13-20(14-10-18)22-16(3)4/h5-16H,1-4H3/b6-5+. The van der Waals surface area contributed by atoms with Gasteiger partial charge in [-0.2, -0.15) is 0 Å². The molecule has 2 nitrogen and oxygen atoms in total. The average Bonchev–Trinajstić information content (AvgIpc) is 2.47. The Balaban J connectivity index is 1.99. The zero-order valence-corrected chi connectivity index (χ0v) is 13.7. The Morgan fingerprint density at radius 3 is 1.18 bits per heavy atom. The van der Waals surface area contributed by atoms with Gasteiger partial charge in [-0.05, 0) is 63.1 Å². The van der Waals surface area contributed by atoms with Gasteiger partial charge in [-0.15, -0.1) is 0 Å². The Morgan fingerprint density at radius 1 is 0.591 bits per heavy atom. The van der Waals surface area contributed by atoms with Crippen LogP contribution in [0.25, 0.3) is 12.2 Å². The molecule has 0 bridgehead atoms. The van der Waals surface area contributed by atoms with Crippen LogP contribution in [-0.4, -0.2) is 12.2 Å². The van der Waals surface area contributed by atoms with Crippen LogP contribution in [0.15, 0.2) is 48.5 Å². The molecule has 0 saturated heterocycles. The summed E-state index contributed by atoms with van der Waals surface area (Å²) in [4.78, 5) is 0. The Bertz CT molecular complexity index is 537. The van der Waals surface area contributed by atoms with Gasteiger partial charge in [0.2, 0.25) is 0 Å². The predicted octanol–water partition coefficient (Wildman–Crippen LogP) is 5.43. The fourth-order valence-electron chi connectivity index (χ4n) is 2.05. The van der Waals surface area contributed by atoms with Gasteiger partial charge < -0.3 is 9.47 Å². The maximum Gasteiger partial charge on any atom is 0.119 e. The van der Waals surface area contributed by atoms with Gasteiger partial charge in [0.1, 0.15) is 11.5 Å². The predicted molar refractivity (Wildman–Crippen MR) is 93.3 cm³/mol. The molecule has 0 unspecified atom stereocenters. The van der Waals surface area contributed by atoms with Gasteiger partial charge in [0.25, 0.3) is 0 Å². The maximum atomic E-state index is 5.64. The number of ether oxygens (including phenoxy) is 2. The molecule has 0 atom stereocenters. The first-order chi connectivity index (χ1) is 10.5. The van der Waals surface area contributed by atoms with E-state index in [9.17, 15) is 0 Å². The first-order valence-corrected chi connectivity index (χ1v) is 7.74. The van der Waals surface area contributed by atoms with Crippen molar-refractivity contribution >= 4 is 12.2 Å². The minimum atomic E-state index is 0.202. The number of benzene rings is 2. The van der Waals surface area contributed by atoms with E-state index in [1.165, 1.54) is 0 Å². The van der Waals surface area contributed by atoms with Gasteiger partial charge in [0.15, 0.2) is 0 Å². The van der Waals surface area contributed by atoms with Gasteiger partial charge in [0.05, 0.1) is 12.2 Å². The van der Waals surface area contributed by atoms with Crippen molar-refractivity contribution in [3.8, 4) is 11.5 Å². The maximum absolute atomic E-state index is 5.64. The van der Waals surface area contributed by atoms with E-state index < -0.39 is 0 Å². The van der Waals surface area contributed by atoms with Crippen molar-refractivity contribution in [3.05, 3.63) is 59.7 Å². The summed E-state index contributed by atoms with van der Waals surface area (Å²) >= 11 is 0. The molecule has 116 valence electrons. The SMILES string of the molecule is CC(C)Oc1ccc(/C=C/c2ccc(OC(C)C)cc2)cc1. The van der Waals surface area contributed by atoms with Crippen LogP contribution in [-0.2, 0) is 0 Å². The van der Waals surface area contributed by atoms with Gasteiger partial charge in [0, 0.05) is 0 Å². The van der Waals surface area contributed by atoms with Crippen LogP contribution < -0.4 is 9.47 Å². The van der Waals surface area contributed by atoms with E-state index in [-0.39, 0.29) is 12.2 Å². The van der Waals surface area contributed by atoms with Crippen LogP contribution in [0, 0.1) is 0 Å². The second-order valence-electron chi connectivity index (χ2n) is 5.80. The van der Waals surface area contributed by atoms with E-state index in [1.54, 1.807) is 0 Å². The van der Waals surface area contributed by atoms with Gasteiger partial charge in [-0.1, -0.05) is 36.4 Å². The molecular weight excluding hydrogens is 272 g/mol. The second kappa shape index (κ2) is 7.69. The molecule has 0 spiro atoms. The lowest BCUT2D eigenvalue weighted by molar-refractivity contribution is 0.242.